The molecule has 0 radical (unpaired) electrons. The summed E-state index contributed by atoms with van der Waals surface area (Å²) in [5.41, 5.74) is 5.76. The number of ether oxygens (including phenoxy) is 1. The normalized spacial score (nSPS) is 13.3. The number of hydrogen-bond donors (Lipinski definition) is 1. The smallest absolute Gasteiger partial charge is 0.345 e. The second-order valence-corrected chi connectivity index (χ2v) is 8.66. The van der Waals surface area contributed by atoms with E-state index in [1.54, 1.807) is 48.0 Å². The number of benzene rings is 1. The average Bonchev–Trinajstić information content (AvgIpc) is 3.19. The van der Waals surface area contributed by atoms with Crippen LogP contribution in [0.5, 0.6) is 5.75 Å². The molecule has 3 aromatic heterocycles. The van der Waals surface area contributed by atoms with Gasteiger partial charge in [-0.25, -0.2) is 14.8 Å². The minimum atomic E-state index is -0.441. The summed E-state index contributed by atoms with van der Waals surface area (Å²) >= 11 is 1.77. The minimum Gasteiger partial charge on any atom is -0.423 e. The monoisotopic (exact) mass is 443 g/mol. The number of pyridine rings is 1. The van der Waals surface area contributed by atoms with E-state index in [0.717, 1.165) is 40.3 Å². The first kappa shape index (κ1) is 20.3. The minimum absolute atomic E-state index is 0.407. The maximum absolute atomic E-state index is 12.1. The van der Waals surface area contributed by atoms with Crippen LogP contribution in [-0.4, -0.2) is 27.1 Å². The molecule has 0 atom stereocenters. The predicted octanol–water partition coefficient (Wildman–Crippen LogP) is 4.94. The van der Waals surface area contributed by atoms with Crippen LogP contribution < -0.4 is 10.2 Å². The number of nitrogens with one attached hydrogen (secondary N) is 1. The van der Waals surface area contributed by atoms with Gasteiger partial charge in [-0.1, -0.05) is 0 Å². The highest BCUT2D eigenvalue weighted by atomic mass is 32.1. The Bertz CT molecular complexity index is 1300. The molecule has 3 heterocycles. The van der Waals surface area contributed by atoms with Gasteiger partial charge in [0.05, 0.1) is 17.2 Å². The Morgan fingerprint density at radius 2 is 2.00 bits per heavy atom. The zero-order chi connectivity index (χ0) is 21.9. The fourth-order valence-electron chi connectivity index (χ4n) is 3.78. The lowest BCUT2D eigenvalue weighted by Gasteiger charge is -2.11. The molecule has 0 bridgehead atoms. The van der Waals surface area contributed by atoms with E-state index in [-0.39, 0.29) is 0 Å². The van der Waals surface area contributed by atoms with Crippen LogP contribution in [0.25, 0.3) is 10.2 Å². The van der Waals surface area contributed by atoms with Gasteiger partial charge in [0, 0.05) is 17.3 Å². The number of esters is 1. The van der Waals surface area contributed by atoms with E-state index in [0.29, 0.717) is 11.3 Å². The van der Waals surface area contributed by atoms with E-state index in [9.17, 15) is 4.79 Å². The van der Waals surface area contributed by atoms with Crippen LogP contribution in [0.4, 0.5) is 5.82 Å². The van der Waals surface area contributed by atoms with Crippen molar-refractivity contribution in [1.82, 2.24) is 15.0 Å². The number of hydrogen-bond acceptors (Lipinski definition) is 8. The average molecular weight is 444 g/mol. The molecule has 0 unspecified atom stereocenters. The molecule has 7 nitrogen and oxygen atoms in total. The Morgan fingerprint density at radius 1 is 1.16 bits per heavy atom. The molecule has 1 aliphatic carbocycles. The van der Waals surface area contributed by atoms with Crippen molar-refractivity contribution in [3.8, 4) is 5.75 Å². The van der Waals surface area contributed by atoms with Crippen molar-refractivity contribution in [2.45, 2.75) is 32.6 Å². The summed E-state index contributed by atoms with van der Waals surface area (Å²) in [7, 11) is 0. The topological polar surface area (TPSA) is 89.4 Å². The highest BCUT2D eigenvalue weighted by Crippen LogP contribution is 2.38. The summed E-state index contributed by atoms with van der Waals surface area (Å²) in [5.74, 6) is 1.50. The van der Waals surface area contributed by atoms with Crippen molar-refractivity contribution < 1.29 is 9.53 Å². The first-order valence-corrected chi connectivity index (χ1v) is 11.3. The predicted molar refractivity (Wildman–Crippen MR) is 126 cm³/mol. The third-order valence-corrected chi connectivity index (χ3v) is 6.48. The lowest BCUT2D eigenvalue weighted by molar-refractivity contribution is 0.0734. The van der Waals surface area contributed by atoms with Crippen LogP contribution in [0.1, 0.15) is 45.0 Å². The number of hydrazone groups is 1. The van der Waals surface area contributed by atoms with Crippen LogP contribution in [0.3, 0.4) is 0 Å². The highest BCUT2D eigenvalue weighted by Gasteiger charge is 2.20. The molecule has 0 spiro atoms. The maximum atomic E-state index is 12.1. The van der Waals surface area contributed by atoms with Gasteiger partial charge in [-0.05, 0) is 80.1 Å². The number of fused-ring (bicyclic) bond motifs is 3. The summed E-state index contributed by atoms with van der Waals surface area (Å²) < 4.78 is 5.38. The third kappa shape index (κ3) is 4.22. The summed E-state index contributed by atoms with van der Waals surface area (Å²) in [6, 6.07) is 10.5. The van der Waals surface area contributed by atoms with Gasteiger partial charge in [-0.3, -0.25) is 10.4 Å². The molecule has 0 amide bonds. The SMILES string of the molecule is Cc1nc(N/N=C\c2ccc(OC(=O)c3cccnc3)cc2)c2c3c(sc2n1)CCCC3. The zero-order valence-electron chi connectivity index (χ0n) is 17.5. The quantitative estimate of drug-likeness (QED) is 0.203. The molecular weight excluding hydrogens is 422 g/mol. The number of aromatic nitrogens is 3. The lowest BCUT2D eigenvalue weighted by atomic mass is 9.97. The first-order valence-electron chi connectivity index (χ1n) is 10.5. The number of carbonyl (C=O) groups excluding carboxylic acids is 1. The van der Waals surface area contributed by atoms with E-state index in [4.69, 9.17) is 4.74 Å². The van der Waals surface area contributed by atoms with E-state index >= 15 is 0 Å². The zero-order valence-corrected chi connectivity index (χ0v) is 18.4. The Morgan fingerprint density at radius 3 is 2.81 bits per heavy atom. The standard InChI is InChI=1S/C24H21N5O2S/c1-15-27-22(21-19-6-2-3-7-20(19)32-23(21)28-15)29-26-13-16-8-10-18(11-9-16)31-24(30)17-5-4-12-25-14-17/h4-5,8-14H,2-3,6-7H2,1H3,(H,27,28,29)/b26-13-. The van der Waals surface area contributed by atoms with Crippen molar-refractivity contribution in [3.63, 3.8) is 0 Å². The Balaban J connectivity index is 1.30. The van der Waals surface area contributed by atoms with Gasteiger partial charge in [-0.15, -0.1) is 11.3 Å². The van der Waals surface area contributed by atoms with Crippen molar-refractivity contribution in [3.05, 3.63) is 76.2 Å². The number of thiophene rings is 1. The van der Waals surface area contributed by atoms with Gasteiger partial charge in [0.15, 0.2) is 5.82 Å². The fourth-order valence-corrected chi connectivity index (χ4v) is 5.09. The molecule has 5 rings (SSSR count). The van der Waals surface area contributed by atoms with Crippen molar-refractivity contribution in [1.29, 1.82) is 0 Å². The molecule has 1 N–H and O–H groups in total. The summed E-state index contributed by atoms with van der Waals surface area (Å²) in [6.45, 7) is 1.90. The van der Waals surface area contributed by atoms with E-state index in [2.05, 4.69) is 25.5 Å². The number of rotatable bonds is 5. The number of nitrogens with zero attached hydrogens (tertiary/aromatic N) is 4. The molecule has 1 aliphatic rings. The lowest BCUT2D eigenvalue weighted by Crippen LogP contribution is -2.08. The van der Waals surface area contributed by atoms with Gasteiger partial charge >= 0.3 is 5.97 Å². The van der Waals surface area contributed by atoms with Crippen LogP contribution in [0.2, 0.25) is 0 Å². The molecule has 0 saturated carbocycles. The second kappa shape index (κ2) is 8.84. The molecule has 32 heavy (non-hydrogen) atoms. The van der Waals surface area contributed by atoms with Gasteiger partial charge in [0.1, 0.15) is 16.4 Å². The number of anilines is 1. The van der Waals surface area contributed by atoms with E-state index in [1.807, 2.05) is 19.1 Å². The van der Waals surface area contributed by atoms with Crippen LogP contribution >= 0.6 is 11.3 Å². The highest BCUT2D eigenvalue weighted by molar-refractivity contribution is 7.19. The largest absolute Gasteiger partial charge is 0.423 e. The van der Waals surface area contributed by atoms with Crippen LogP contribution in [0.15, 0.2) is 53.9 Å². The van der Waals surface area contributed by atoms with Gasteiger partial charge in [-0.2, -0.15) is 5.10 Å². The fraction of sp³-hybridized carbons (Fsp3) is 0.208. The van der Waals surface area contributed by atoms with E-state index < -0.39 is 5.97 Å². The summed E-state index contributed by atoms with van der Waals surface area (Å²) in [5, 5.41) is 5.50. The molecule has 160 valence electrons. The molecule has 8 heteroatoms. The Hall–Kier alpha value is -3.65. The van der Waals surface area contributed by atoms with Gasteiger partial charge in [0.25, 0.3) is 0 Å². The maximum Gasteiger partial charge on any atom is 0.345 e. The second-order valence-electron chi connectivity index (χ2n) is 7.58. The summed E-state index contributed by atoms with van der Waals surface area (Å²) in [4.78, 5) is 27.7. The third-order valence-electron chi connectivity index (χ3n) is 5.30. The van der Waals surface area contributed by atoms with Gasteiger partial charge in [0.2, 0.25) is 0 Å². The Labute approximate surface area is 189 Å². The molecule has 0 aliphatic heterocycles. The van der Waals surface area contributed by atoms with Crippen molar-refractivity contribution >= 4 is 39.6 Å². The van der Waals surface area contributed by atoms with E-state index in [1.165, 1.54) is 29.5 Å². The number of aryl methyl sites for hydroxylation is 3. The molecular formula is C24H21N5O2S. The van der Waals surface area contributed by atoms with Crippen molar-refractivity contribution in [2.75, 3.05) is 5.43 Å². The molecule has 0 saturated heterocycles. The van der Waals surface area contributed by atoms with Crippen LogP contribution in [-0.2, 0) is 12.8 Å². The van der Waals surface area contributed by atoms with Crippen molar-refractivity contribution in [2.24, 2.45) is 5.10 Å². The Kier molecular flexibility index (Phi) is 5.60. The van der Waals surface area contributed by atoms with Gasteiger partial charge < -0.3 is 4.74 Å². The number of carbonyl (C=O) groups is 1. The molecule has 1 aromatic carbocycles. The molecule has 4 aromatic rings. The molecule has 0 fully saturated rings. The summed E-state index contributed by atoms with van der Waals surface area (Å²) in [6.07, 6.45) is 9.43. The first-order chi connectivity index (χ1) is 15.7. The van der Waals surface area contributed by atoms with Crippen LogP contribution in [0, 0.1) is 6.92 Å².